The predicted octanol–water partition coefficient (Wildman–Crippen LogP) is 3.96. The normalized spacial score (nSPS) is 10.1. The zero-order valence-electron chi connectivity index (χ0n) is 12.7. The van der Waals surface area contributed by atoms with Crippen molar-refractivity contribution < 1.29 is 25.8 Å². The zero-order chi connectivity index (χ0) is 14.8. The van der Waals surface area contributed by atoms with Gasteiger partial charge in [-0.25, -0.2) is 0 Å². The van der Waals surface area contributed by atoms with Crippen molar-refractivity contribution in [2.45, 2.75) is 13.8 Å². The van der Waals surface area contributed by atoms with Crippen LogP contribution < -0.4 is 4.74 Å². The van der Waals surface area contributed by atoms with Crippen molar-refractivity contribution in [3.05, 3.63) is 65.9 Å². The molecule has 0 radical (unpaired) electrons. The summed E-state index contributed by atoms with van der Waals surface area (Å²) in [6.07, 6.45) is 0. The summed E-state index contributed by atoms with van der Waals surface area (Å²) in [7, 11) is 1.64. The molecule has 1 heterocycles. The van der Waals surface area contributed by atoms with E-state index in [-0.39, 0.29) is 21.1 Å². The van der Waals surface area contributed by atoms with E-state index < -0.39 is 0 Å². The van der Waals surface area contributed by atoms with Crippen LogP contribution in [0.5, 0.6) is 5.88 Å². The fourth-order valence-electron chi connectivity index (χ4n) is 2.37. The van der Waals surface area contributed by atoms with E-state index in [2.05, 4.69) is 35.4 Å². The van der Waals surface area contributed by atoms with Crippen LogP contribution in [0.1, 0.15) is 11.3 Å². The van der Waals surface area contributed by atoms with Gasteiger partial charge in [-0.1, -0.05) is 30.3 Å². The van der Waals surface area contributed by atoms with Crippen LogP contribution in [-0.4, -0.2) is 16.9 Å². The van der Waals surface area contributed by atoms with Crippen molar-refractivity contribution >= 4 is 0 Å². The molecule has 4 heteroatoms. The van der Waals surface area contributed by atoms with Crippen LogP contribution >= 0.6 is 0 Å². The molecule has 0 aliphatic carbocycles. The minimum absolute atomic E-state index is 0. The van der Waals surface area contributed by atoms with Crippen LogP contribution in [-0.2, 0) is 21.1 Å². The Morgan fingerprint density at radius 1 is 1.05 bits per heavy atom. The molecule has 0 amide bonds. The summed E-state index contributed by atoms with van der Waals surface area (Å²) in [5.41, 5.74) is 5.36. The molecule has 116 valence electrons. The number of hydrogen-bond acceptors (Lipinski definition) is 2. The fraction of sp³-hybridized carbons (Fsp3) is 0.167. The molecule has 2 aromatic carbocycles. The smallest absolute Gasteiger partial charge is 0.236 e. The quantitative estimate of drug-likeness (QED) is 0.540. The van der Waals surface area contributed by atoms with Gasteiger partial charge in [0.2, 0.25) is 5.88 Å². The van der Waals surface area contributed by atoms with Crippen LogP contribution in [0.15, 0.2) is 48.5 Å². The van der Waals surface area contributed by atoms with Crippen molar-refractivity contribution in [1.29, 1.82) is 0 Å². The van der Waals surface area contributed by atoms with Gasteiger partial charge in [0.15, 0.2) is 0 Å². The van der Waals surface area contributed by atoms with Gasteiger partial charge in [0, 0.05) is 32.3 Å². The molecule has 0 atom stereocenters. The molecule has 0 N–H and O–H groups in total. The van der Waals surface area contributed by atoms with E-state index in [1.54, 1.807) is 7.11 Å². The second-order valence-electron chi connectivity index (χ2n) is 4.96. The summed E-state index contributed by atoms with van der Waals surface area (Å²) in [5, 5.41) is 4.50. The molecule has 0 unspecified atom stereocenters. The number of aromatic nitrogens is 2. The van der Waals surface area contributed by atoms with Gasteiger partial charge in [0.25, 0.3) is 0 Å². The monoisotopic (exact) mass is 472 g/mol. The molecule has 0 saturated carbocycles. The summed E-state index contributed by atoms with van der Waals surface area (Å²) in [4.78, 5) is 0. The maximum absolute atomic E-state index is 5.30. The number of nitrogens with zero attached hydrogens (tertiary/aromatic N) is 2. The van der Waals surface area contributed by atoms with Gasteiger partial charge in [-0.15, -0.1) is 16.7 Å². The van der Waals surface area contributed by atoms with Gasteiger partial charge < -0.3 is 4.74 Å². The largest absolute Gasteiger partial charge is 0.480 e. The van der Waals surface area contributed by atoms with E-state index in [4.69, 9.17) is 4.74 Å². The average Bonchev–Trinajstić information content (AvgIpc) is 2.84. The molecule has 3 aromatic rings. The summed E-state index contributed by atoms with van der Waals surface area (Å²) < 4.78 is 7.17. The van der Waals surface area contributed by atoms with Crippen molar-refractivity contribution in [3.63, 3.8) is 0 Å². The Morgan fingerprint density at radius 2 is 1.77 bits per heavy atom. The van der Waals surface area contributed by atoms with Crippen molar-refractivity contribution in [1.82, 2.24) is 9.78 Å². The topological polar surface area (TPSA) is 27.1 Å². The third kappa shape index (κ3) is 3.00. The van der Waals surface area contributed by atoms with Gasteiger partial charge in [0.05, 0.1) is 7.11 Å². The van der Waals surface area contributed by atoms with Gasteiger partial charge in [-0.05, 0) is 25.1 Å². The summed E-state index contributed by atoms with van der Waals surface area (Å²) in [5.74, 6) is 0.658. The minimum Gasteiger partial charge on any atom is -0.480 e. The van der Waals surface area contributed by atoms with Gasteiger partial charge >= 0.3 is 0 Å². The first-order valence-corrected chi connectivity index (χ1v) is 6.88. The number of benzene rings is 2. The van der Waals surface area contributed by atoms with Crippen LogP contribution in [0.2, 0.25) is 0 Å². The summed E-state index contributed by atoms with van der Waals surface area (Å²) in [6, 6.07) is 19.6. The second-order valence-corrected chi connectivity index (χ2v) is 4.96. The molecule has 0 aliphatic heterocycles. The van der Waals surface area contributed by atoms with Gasteiger partial charge in [0.1, 0.15) is 0 Å². The number of hydrogen-bond donors (Lipinski definition) is 0. The summed E-state index contributed by atoms with van der Waals surface area (Å²) >= 11 is 0. The van der Waals surface area contributed by atoms with E-state index in [0.717, 1.165) is 22.5 Å². The maximum Gasteiger partial charge on any atom is 0.236 e. The first-order chi connectivity index (χ1) is 10.2. The fourth-order valence-corrected chi connectivity index (χ4v) is 2.37. The minimum atomic E-state index is 0. The predicted molar refractivity (Wildman–Crippen MR) is 83.9 cm³/mol. The molecule has 22 heavy (non-hydrogen) atoms. The van der Waals surface area contributed by atoms with Gasteiger partial charge in [-0.3, -0.25) is 4.68 Å². The SMILES string of the molecule is COc1nn(-c2[c-]ccc(-c3ccccc3)c2)c(C)c1C.[Pt]. The Bertz CT molecular complexity index is 766. The van der Waals surface area contributed by atoms with E-state index >= 15 is 0 Å². The average molecular weight is 472 g/mol. The molecular formula is C18H17N2OPt-. The molecular weight excluding hydrogens is 455 g/mol. The van der Waals surface area contributed by atoms with Crippen molar-refractivity contribution in [3.8, 4) is 22.7 Å². The number of methoxy groups -OCH3 is 1. The molecule has 3 rings (SSSR count). The van der Waals surface area contributed by atoms with Crippen LogP contribution in [0, 0.1) is 19.9 Å². The first-order valence-electron chi connectivity index (χ1n) is 6.88. The molecule has 0 bridgehead atoms. The van der Waals surface area contributed by atoms with Gasteiger partial charge in [-0.2, -0.15) is 18.2 Å². The molecule has 0 aliphatic rings. The molecule has 1 aromatic heterocycles. The van der Waals surface area contributed by atoms with E-state index in [0.29, 0.717) is 5.88 Å². The first kappa shape index (κ1) is 16.5. The standard InChI is InChI=1S/C18H17N2O.Pt/c1-13-14(2)20(19-18(13)21-3)17-11-7-10-16(12-17)15-8-5-4-6-9-15;/h4-10,12H,1-3H3;/q-1;. The van der Waals surface area contributed by atoms with E-state index in [1.165, 1.54) is 5.56 Å². The molecule has 0 spiro atoms. The summed E-state index contributed by atoms with van der Waals surface area (Å²) in [6.45, 7) is 4.05. The second kappa shape index (κ2) is 6.93. The Kier molecular flexibility index (Phi) is 5.20. The molecule has 0 fully saturated rings. The van der Waals surface area contributed by atoms with Crippen LogP contribution in [0.3, 0.4) is 0 Å². The Morgan fingerprint density at radius 3 is 2.41 bits per heavy atom. The Labute approximate surface area is 145 Å². The van der Waals surface area contributed by atoms with Crippen LogP contribution in [0.25, 0.3) is 16.8 Å². The van der Waals surface area contributed by atoms with Crippen molar-refractivity contribution in [2.24, 2.45) is 0 Å². The zero-order valence-corrected chi connectivity index (χ0v) is 15.0. The number of rotatable bonds is 3. The van der Waals surface area contributed by atoms with E-state index in [1.807, 2.05) is 42.8 Å². The van der Waals surface area contributed by atoms with Crippen LogP contribution in [0.4, 0.5) is 0 Å². The number of ether oxygens (including phenoxy) is 1. The maximum atomic E-state index is 5.30. The third-order valence-corrected chi connectivity index (χ3v) is 3.69. The Balaban J connectivity index is 0.00000176. The van der Waals surface area contributed by atoms with E-state index in [9.17, 15) is 0 Å². The molecule has 0 saturated heterocycles. The third-order valence-electron chi connectivity index (χ3n) is 3.69. The van der Waals surface area contributed by atoms with Crippen molar-refractivity contribution in [2.75, 3.05) is 7.11 Å². The Hall–Kier alpha value is -1.86. The molecule has 3 nitrogen and oxygen atoms in total.